The number of aromatic nitrogens is 3. The molecule has 0 amide bonds. The van der Waals surface area contributed by atoms with Gasteiger partial charge in [-0.2, -0.15) is 9.78 Å². The number of carbonyl (C=O) groups is 1. The highest BCUT2D eigenvalue weighted by Crippen LogP contribution is 2.31. The van der Waals surface area contributed by atoms with E-state index >= 15 is 0 Å². The molecule has 0 bridgehead atoms. The van der Waals surface area contributed by atoms with Gasteiger partial charge in [-0.15, -0.1) is 32.9 Å². The minimum Gasteiger partial charge on any atom is -0.462 e. The van der Waals surface area contributed by atoms with E-state index in [4.69, 9.17) is 4.74 Å². The standard InChI is InChI=1S/C17H13BrN4O2S3/c1-2-24-16(23)12(7-11-6-10(18)8-26-11)13-9-27-17-20-19-15(22(17)21-13)14-4-3-5-25-14/h3-8H,2,9H2,1H3/b12-7-. The van der Waals surface area contributed by atoms with Crippen LogP contribution in [0, 0.1) is 0 Å². The van der Waals surface area contributed by atoms with E-state index in [2.05, 4.69) is 31.2 Å². The monoisotopic (exact) mass is 480 g/mol. The van der Waals surface area contributed by atoms with Gasteiger partial charge in [-0.1, -0.05) is 17.8 Å². The molecule has 0 saturated carbocycles. The van der Waals surface area contributed by atoms with E-state index in [1.807, 2.05) is 35.0 Å². The first-order valence-electron chi connectivity index (χ1n) is 7.99. The molecule has 0 radical (unpaired) electrons. The van der Waals surface area contributed by atoms with E-state index in [1.54, 1.807) is 34.3 Å². The zero-order chi connectivity index (χ0) is 18.8. The Bertz CT molecular complexity index is 1040. The van der Waals surface area contributed by atoms with Gasteiger partial charge in [0.15, 0.2) is 5.82 Å². The normalized spacial score (nSPS) is 14.0. The molecule has 4 heterocycles. The second-order valence-corrected chi connectivity index (χ2v) is 9.13. The smallest absolute Gasteiger partial charge is 0.340 e. The third-order valence-corrected chi connectivity index (χ3v) is 7.03. The summed E-state index contributed by atoms with van der Waals surface area (Å²) in [5.74, 6) is 0.821. The van der Waals surface area contributed by atoms with E-state index < -0.39 is 0 Å². The van der Waals surface area contributed by atoms with Crippen molar-refractivity contribution < 1.29 is 9.53 Å². The van der Waals surface area contributed by atoms with Gasteiger partial charge in [-0.25, -0.2) is 4.79 Å². The Morgan fingerprint density at radius 2 is 2.30 bits per heavy atom. The summed E-state index contributed by atoms with van der Waals surface area (Å²) in [5, 5.41) is 17.8. The SMILES string of the molecule is CCOC(=O)/C(=C\c1cc(Br)cs1)C1=Nn2c(nnc2-c2cccs2)SC1. The number of hydrogen-bond donors (Lipinski definition) is 0. The minimum absolute atomic E-state index is 0.309. The Morgan fingerprint density at radius 3 is 3.00 bits per heavy atom. The van der Waals surface area contributed by atoms with Gasteiger partial charge in [0.1, 0.15) is 0 Å². The molecule has 3 aromatic rings. The number of carbonyl (C=O) groups excluding carboxylic acids is 1. The number of nitrogens with zero attached hydrogens (tertiary/aromatic N) is 4. The number of rotatable bonds is 5. The molecule has 0 saturated heterocycles. The number of ether oxygens (including phenoxy) is 1. The molecule has 1 aliphatic heterocycles. The minimum atomic E-state index is -0.379. The van der Waals surface area contributed by atoms with Crippen LogP contribution < -0.4 is 0 Å². The molecule has 10 heteroatoms. The lowest BCUT2D eigenvalue weighted by Crippen LogP contribution is -2.21. The molecule has 0 aromatic carbocycles. The molecule has 0 unspecified atom stereocenters. The number of halogens is 1. The van der Waals surface area contributed by atoms with Crippen molar-refractivity contribution in [2.75, 3.05) is 12.4 Å². The zero-order valence-corrected chi connectivity index (χ0v) is 18.1. The van der Waals surface area contributed by atoms with E-state index in [-0.39, 0.29) is 5.97 Å². The first-order chi connectivity index (χ1) is 13.2. The van der Waals surface area contributed by atoms with Crippen molar-refractivity contribution in [3.63, 3.8) is 0 Å². The first kappa shape index (κ1) is 18.6. The van der Waals surface area contributed by atoms with Crippen LogP contribution in [0.2, 0.25) is 0 Å². The van der Waals surface area contributed by atoms with Gasteiger partial charge in [0.25, 0.3) is 0 Å². The molecule has 138 valence electrons. The Kier molecular flexibility index (Phi) is 5.58. The van der Waals surface area contributed by atoms with Crippen LogP contribution in [0.1, 0.15) is 11.8 Å². The fourth-order valence-electron chi connectivity index (χ4n) is 2.43. The molecule has 27 heavy (non-hydrogen) atoms. The summed E-state index contributed by atoms with van der Waals surface area (Å²) in [6.45, 7) is 2.10. The Balaban J connectivity index is 1.77. The Hall–Kier alpha value is -1.75. The zero-order valence-electron chi connectivity index (χ0n) is 14.1. The lowest BCUT2D eigenvalue weighted by Gasteiger charge is -2.15. The molecular formula is C17H13BrN4O2S3. The highest BCUT2D eigenvalue weighted by Gasteiger charge is 2.26. The third kappa shape index (κ3) is 3.93. The van der Waals surface area contributed by atoms with Gasteiger partial charge in [0, 0.05) is 20.5 Å². The average Bonchev–Trinajstić information content (AvgIpc) is 3.39. The number of esters is 1. The average molecular weight is 481 g/mol. The van der Waals surface area contributed by atoms with Crippen molar-refractivity contribution in [2.45, 2.75) is 12.1 Å². The fraction of sp³-hybridized carbons (Fsp3) is 0.176. The van der Waals surface area contributed by atoms with Gasteiger partial charge in [-0.3, -0.25) is 0 Å². The quantitative estimate of drug-likeness (QED) is 0.387. The summed E-state index contributed by atoms with van der Waals surface area (Å²) >= 11 is 8.06. The van der Waals surface area contributed by atoms with Crippen molar-refractivity contribution in [3.8, 4) is 10.7 Å². The molecule has 4 rings (SSSR count). The fourth-order valence-corrected chi connectivity index (χ4v) is 5.33. The molecule has 1 aliphatic rings. The van der Waals surface area contributed by atoms with E-state index in [1.165, 1.54) is 11.8 Å². The second-order valence-electron chi connectivity index (χ2n) is 5.38. The number of thiophene rings is 2. The van der Waals surface area contributed by atoms with Crippen LogP contribution in [0.15, 0.2) is 49.3 Å². The van der Waals surface area contributed by atoms with Crippen molar-refractivity contribution >= 4 is 68.1 Å². The summed E-state index contributed by atoms with van der Waals surface area (Å²) in [5.41, 5.74) is 1.10. The molecule has 0 aliphatic carbocycles. The van der Waals surface area contributed by atoms with Crippen molar-refractivity contribution in [1.29, 1.82) is 0 Å². The van der Waals surface area contributed by atoms with Crippen molar-refractivity contribution in [2.24, 2.45) is 5.10 Å². The van der Waals surface area contributed by atoms with Crippen LogP contribution in [-0.4, -0.2) is 38.9 Å². The highest BCUT2D eigenvalue weighted by atomic mass is 79.9. The molecule has 6 nitrogen and oxygen atoms in total. The van der Waals surface area contributed by atoms with Gasteiger partial charge >= 0.3 is 5.97 Å². The van der Waals surface area contributed by atoms with Gasteiger partial charge in [0.2, 0.25) is 5.16 Å². The van der Waals surface area contributed by atoms with Crippen LogP contribution in [0.5, 0.6) is 0 Å². The predicted molar refractivity (Wildman–Crippen MR) is 114 cm³/mol. The number of thioether (sulfide) groups is 1. The summed E-state index contributed by atoms with van der Waals surface area (Å²) in [6.07, 6.45) is 1.83. The number of hydrogen-bond acceptors (Lipinski definition) is 8. The third-order valence-electron chi connectivity index (χ3n) is 3.59. The van der Waals surface area contributed by atoms with Crippen LogP contribution in [0.25, 0.3) is 16.8 Å². The lowest BCUT2D eigenvalue weighted by molar-refractivity contribution is -0.137. The van der Waals surface area contributed by atoms with E-state index in [0.717, 1.165) is 14.2 Å². The summed E-state index contributed by atoms with van der Waals surface area (Å²) < 4.78 is 7.94. The second kappa shape index (κ2) is 8.09. The summed E-state index contributed by atoms with van der Waals surface area (Å²) in [4.78, 5) is 14.5. The highest BCUT2D eigenvalue weighted by molar-refractivity contribution is 9.10. The maximum Gasteiger partial charge on any atom is 0.340 e. The first-order valence-corrected chi connectivity index (χ1v) is 11.5. The van der Waals surface area contributed by atoms with E-state index in [0.29, 0.717) is 34.6 Å². The largest absolute Gasteiger partial charge is 0.462 e. The Labute approximate surface area is 176 Å². The van der Waals surface area contributed by atoms with Crippen molar-refractivity contribution in [1.82, 2.24) is 14.9 Å². The van der Waals surface area contributed by atoms with E-state index in [9.17, 15) is 4.79 Å². The lowest BCUT2D eigenvalue weighted by atomic mass is 10.1. The molecule has 3 aromatic heterocycles. The molecule has 0 atom stereocenters. The topological polar surface area (TPSA) is 69.4 Å². The molecule has 0 N–H and O–H groups in total. The molecular weight excluding hydrogens is 468 g/mol. The van der Waals surface area contributed by atoms with Gasteiger partial charge in [-0.05, 0) is 46.4 Å². The van der Waals surface area contributed by atoms with Gasteiger partial charge < -0.3 is 4.74 Å². The van der Waals surface area contributed by atoms with Crippen molar-refractivity contribution in [3.05, 3.63) is 43.9 Å². The van der Waals surface area contributed by atoms with Crippen LogP contribution >= 0.6 is 50.4 Å². The molecule has 0 fully saturated rings. The maximum absolute atomic E-state index is 12.6. The van der Waals surface area contributed by atoms with Gasteiger partial charge in [0.05, 0.1) is 22.8 Å². The van der Waals surface area contributed by atoms with Crippen LogP contribution in [-0.2, 0) is 9.53 Å². The summed E-state index contributed by atoms with van der Waals surface area (Å²) in [7, 11) is 0. The molecule has 0 spiro atoms. The summed E-state index contributed by atoms with van der Waals surface area (Å²) in [6, 6.07) is 5.89. The Morgan fingerprint density at radius 1 is 1.41 bits per heavy atom. The number of fused-ring (bicyclic) bond motifs is 1. The predicted octanol–water partition coefficient (Wildman–Crippen LogP) is 4.79. The van der Waals surface area contributed by atoms with Crippen LogP contribution in [0.3, 0.4) is 0 Å². The van der Waals surface area contributed by atoms with Crippen LogP contribution in [0.4, 0.5) is 0 Å². The maximum atomic E-state index is 12.6.